The predicted molar refractivity (Wildman–Crippen MR) is 77.4 cm³/mol. The van der Waals surface area contributed by atoms with Gasteiger partial charge in [0.25, 0.3) is 10.0 Å². The van der Waals surface area contributed by atoms with Crippen LogP contribution >= 0.6 is 0 Å². The monoisotopic (exact) mass is 315 g/mol. The summed E-state index contributed by atoms with van der Waals surface area (Å²) in [6.45, 7) is 5.16. The molecule has 1 aliphatic rings. The van der Waals surface area contributed by atoms with Crippen LogP contribution in [0.15, 0.2) is 23.4 Å². The van der Waals surface area contributed by atoms with E-state index in [2.05, 4.69) is 15.0 Å². The number of rotatable bonds is 7. The molecule has 1 unspecified atom stereocenters. The maximum atomic E-state index is 12.1. The molecule has 2 rings (SSSR count). The van der Waals surface area contributed by atoms with Gasteiger partial charge in [0, 0.05) is 19.3 Å². The van der Waals surface area contributed by atoms with E-state index in [1.54, 1.807) is 12.3 Å². The minimum atomic E-state index is -3.61. The highest BCUT2D eigenvalue weighted by molar-refractivity contribution is 7.89. The summed E-state index contributed by atoms with van der Waals surface area (Å²) in [5.41, 5.74) is 0.944. The third kappa shape index (κ3) is 5.01. The number of nitrogens with one attached hydrogen (secondary N) is 2. The van der Waals surface area contributed by atoms with Crippen LogP contribution in [0, 0.1) is 0 Å². The maximum Gasteiger partial charge on any atom is 0.258 e. The molecule has 7 nitrogen and oxygen atoms in total. The molecule has 0 aliphatic carbocycles. The zero-order chi connectivity index (χ0) is 15.1. The second-order valence-corrected chi connectivity index (χ2v) is 6.42. The molecule has 0 aromatic carbocycles. The Morgan fingerprint density at radius 2 is 2.24 bits per heavy atom. The standard InChI is InChI=1S/C13H21N3O4S/c1-2-14-7-11-3-4-13(15-8-11)21(17,18)16-9-12-10-19-5-6-20-12/h3-4,8,12,14,16H,2,5-7,9-10H2,1H3. The minimum Gasteiger partial charge on any atom is -0.376 e. The number of ether oxygens (including phenoxy) is 2. The fourth-order valence-electron chi connectivity index (χ4n) is 1.87. The third-order valence-electron chi connectivity index (χ3n) is 3.04. The van der Waals surface area contributed by atoms with Gasteiger partial charge in [-0.25, -0.2) is 18.1 Å². The maximum absolute atomic E-state index is 12.1. The van der Waals surface area contributed by atoms with Crippen LogP contribution < -0.4 is 10.0 Å². The summed E-state index contributed by atoms with van der Waals surface area (Å²) in [5, 5.41) is 3.17. The molecule has 0 radical (unpaired) electrons. The zero-order valence-corrected chi connectivity index (χ0v) is 12.9. The molecule has 1 aromatic heterocycles. The van der Waals surface area contributed by atoms with Crippen molar-refractivity contribution >= 4 is 10.0 Å². The second kappa shape index (κ2) is 7.81. The Kier molecular flexibility index (Phi) is 6.07. The lowest BCUT2D eigenvalue weighted by Crippen LogP contribution is -2.39. The molecule has 2 N–H and O–H groups in total. The van der Waals surface area contributed by atoms with Crippen molar-refractivity contribution in [1.29, 1.82) is 0 Å². The Hall–Kier alpha value is -1.06. The van der Waals surface area contributed by atoms with Gasteiger partial charge in [0.1, 0.15) is 0 Å². The van der Waals surface area contributed by atoms with Gasteiger partial charge in [-0.3, -0.25) is 0 Å². The summed E-state index contributed by atoms with van der Waals surface area (Å²) in [4.78, 5) is 4.00. The number of pyridine rings is 1. The number of sulfonamides is 1. The van der Waals surface area contributed by atoms with Crippen molar-refractivity contribution in [3.05, 3.63) is 23.9 Å². The van der Waals surface area contributed by atoms with E-state index in [1.807, 2.05) is 6.92 Å². The van der Waals surface area contributed by atoms with Crippen LogP contribution in [0.3, 0.4) is 0 Å². The normalized spacial score (nSPS) is 19.6. The van der Waals surface area contributed by atoms with E-state index in [-0.39, 0.29) is 17.7 Å². The van der Waals surface area contributed by atoms with Gasteiger partial charge in [-0.15, -0.1) is 0 Å². The lowest BCUT2D eigenvalue weighted by molar-refractivity contribution is -0.0847. The lowest BCUT2D eigenvalue weighted by Gasteiger charge is -2.22. The van der Waals surface area contributed by atoms with Crippen LogP contribution in [0.1, 0.15) is 12.5 Å². The molecule has 118 valence electrons. The van der Waals surface area contributed by atoms with Crippen molar-refractivity contribution < 1.29 is 17.9 Å². The van der Waals surface area contributed by atoms with Crippen LogP contribution in [0.5, 0.6) is 0 Å². The van der Waals surface area contributed by atoms with E-state index >= 15 is 0 Å². The number of hydrogen-bond donors (Lipinski definition) is 2. The molecule has 0 bridgehead atoms. The van der Waals surface area contributed by atoms with E-state index in [4.69, 9.17) is 9.47 Å². The van der Waals surface area contributed by atoms with Crippen LogP contribution in [-0.4, -0.2) is 52.4 Å². The van der Waals surface area contributed by atoms with Gasteiger partial charge in [-0.2, -0.15) is 0 Å². The molecule has 2 heterocycles. The molecule has 1 atom stereocenters. The first kappa shape index (κ1) is 16.3. The van der Waals surface area contributed by atoms with Gasteiger partial charge in [-0.1, -0.05) is 13.0 Å². The van der Waals surface area contributed by atoms with Crippen molar-refractivity contribution in [2.45, 2.75) is 24.6 Å². The van der Waals surface area contributed by atoms with E-state index in [9.17, 15) is 8.42 Å². The second-order valence-electron chi connectivity index (χ2n) is 4.70. The van der Waals surface area contributed by atoms with Crippen molar-refractivity contribution in [1.82, 2.24) is 15.0 Å². The van der Waals surface area contributed by atoms with Gasteiger partial charge >= 0.3 is 0 Å². The molecular weight excluding hydrogens is 294 g/mol. The molecular formula is C13H21N3O4S. The Bertz CT molecular complexity index is 527. The zero-order valence-electron chi connectivity index (χ0n) is 12.0. The van der Waals surface area contributed by atoms with Gasteiger partial charge in [0.15, 0.2) is 5.03 Å². The van der Waals surface area contributed by atoms with E-state index < -0.39 is 10.0 Å². The molecule has 0 spiro atoms. The van der Waals surface area contributed by atoms with Gasteiger partial charge in [-0.05, 0) is 18.2 Å². The highest BCUT2D eigenvalue weighted by Crippen LogP contribution is 2.07. The Morgan fingerprint density at radius 3 is 2.86 bits per heavy atom. The summed E-state index contributed by atoms with van der Waals surface area (Å²) in [5.74, 6) is 0. The predicted octanol–water partition coefficient (Wildman–Crippen LogP) is -0.115. The average Bonchev–Trinajstić information content (AvgIpc) is 2.52. The Morgan fingerprint density at radius 1 is 1.38 bits per heavy atom. The largest absolute Gasteiger partial charge is 0.376 e. The topological polar surface area (TPSA) is 89.6 Å². The van der Waals surface area contributed by atoms with Gasteiger partial charge < -0.3 is 14.8 Å². The summed E-state index contributed by atoms with van der Waals surface area (Å²) >= 11 is 0. The first-order valence-electron chi connectivity index (χ1n) is 6.96. The van der Waals surface area contributed by atoms with E-state index in [0.717, 1.165) is 12.1 Å². The highest BCUT2D eigenvalue weighted by Gasteiger charge is 2.20. The Labute approximate surface area is 125 Å². The lowest BCUT2D eigenvalue weighted by atomic mass is 10.3. The first-order valence-corrected chi connectivity index (χ1v) is 8.45. The van der Waals surface area contributed by atoms with Crippen LogP contribution in [0.25, 0.3) is 0 Å². The number of hydrogen-bond acceptors (Lipinski definition) is 6. The first-order chi connectivity index (χ1) is 10.1. The summed E-state index contributed by atoms with van der Waals surface area (Å²) in [6, 6.07) is 3.26. The van der Waals surface area contributed by atoms with Crippen LogP contribution in [0.4, 0.5) is 0 Å². The third-order valence-corrected chi connectivity index (χ3v) is 4.38. The SMILES string of the molecule is CCNCc1ccc(S(=O)(=O)NCC2COCCO2)nc1. The van der Waals surface area contributed by atoms with Crippen LogP contribution in [-0.2, 0) is 26.0 Å². The van der Waals surface area contributed by atoms with E-state index in [0.29, 0.717) is 26.4 Å². The van der Waals surface area contributed by atoms with Crippen molar-refractivity contribution in [2.24, 2.45) is 0 Å². The average molecular weight is 315 g/mol. The smallest absolute Gasteiger partial charge is 0.258 e. The van der Waals surface area contributed by atoms with Crippen molar-refractivity contribution in [3.63, 3.8) is 0 Å². The van der Waals surface area contributed by atoms with Gasteiger partial charge in [0.2, 0.25) is 0 Å². The minimum absolute atomic E-state index is 0.0134. The molecule has 1 saturated heterocycles. The number of nitrogens with zero attached hydrogens (tertiary/aromatic N) is 1. The quantitative estimate of drug-likeness (QED) is 0.729. The van der Waals surface area contributed by atoms with Gasteiger partial charge in [0.05, 0.1) is 25.9 Å². The Balaban J connectivity index is 1.91. The van der Waals surface area contributed by atoms with Crippen molar-refractivity contribution in [2.75, 3.05) is 32.9 Å². The summed E-state index contributed by atoms with van der Waals surface area (Å²) in [6.07, 6.45) is 1.32. The molecule has 8 heteroatoms. The fraction of sp³-hybridized carbons (Fsp3) is 0.615. The van der Waals surface area contributed by atoms with Crippen molar-refractivity contribution in [3.8, 4) is 0 Å². The highest BCUT2D eigenvalue weighted by atomic mass is 32.2. The molecule has 1 aromatic rings. The number of aromatic nitrogens is 1. The van der Waals surface area contributed by atoms with Crippen LogP contribution in [0.2, 0.25) is 0 Å². The molecule has 1 aliphatic heterocycles. The van der Waals surface area contributed by atoms with E-state index in [1.165, 1.54) is 6.07 Å². The molecule has 0 amide bonds. The summed E-state index contributed by atoms with van der Waals surface area (Å²) in [7, 11) is -3.61. The molecule has 1 fully saturated rings. The molecule has 21 heavy (non-hydrogen) atoms. The summed E-state index contributed by atoms with van der Waals surface area (Å²) < 4.78 is 37.3. The molecule has 0 saturated carbocycles. The fourth-order valence-corrected chi connectivity index (χ4v) is 2.87.